The number of hydrogen-bond acceptors (Lipinski definition) is 4. The van der Waals surface area contributed by atoms with Crippen LogP contribution in [0.3, 0.4) is 0 Å². The van der Waals surface area contributed by atoms with Gasteiger partial charge >= 0.3 is 6.18 Å². The number of halogens is 3. The van der Waals surface area contributed by atoms with Crippen molar-refractivity contribution in [2.75, 3.05) is 25.5 Å². The van der Waals surface area contributed by atoms with E-state index in [1.165, 1.54) is 24.1 Å². The van der Waals surface area contributed by atoms with Gasteiger partial charge in [-0.2, -0.15) is 18.3 Å². The lowest BCUT2D eigenvalue weighted by Gasteiger charge is -2.07. The standard InChI is InChI=1S/C10H14F3N5O2/c1-14-9(20)5-18-4-7(2-16-18)17-8(19)3-15-6-10(11,12)13/h2,4,15H,3,5-6H2,1H3,(H,14,20)(H,17,19). The number of anilines is 1. The van der Waals surface area contributed by atoms with Gasteiger partial charge in [-0.15, -0.1) is 0 Å². The van der Waals surface area contributed by atoms with E-state index in [-0.39, 0.29) is 12.5 Å². The predicted octanol–water partition coefficient (Wildman–Crippen LogP) is -0.281. The molecular formula is C10H14F3N5O2. The van der Waals surface area contributed by atoms with Crippen LogP contribution in [0.5, 0.6) is 0 Å². The minimum absolute atomic E-state index is 0.0152. The average Bonchev–Trinajstić information content (AvgIpc) is 2.74. The molecule has 7 nitrogen and oxygen atoms in total. The van der Waals surface area contributed by atoms with E-state index in [2.05, 4.69) is 15.7 Å². The maximum atomic E-state index is 11.8. The molecule has 0 aliphatic heterocycles. The summed E-state index contributed by atoms with van der Waals surface area (Å²) in [5.74, 6) is -0.897. The van der Waals surface area contributed by atoms with Crippen LogP contribution in [-0.2, 0) is 16.1 Å². The third kappa shape index (κ3) is 6.18. The largest absolute Gasteiger partial charge is 0.401 e. The number of carbonyl (C=O) groups excluding carboxylic acids is 2. The number of carbonyl (C=O) groups is 2. The minimum Gasteiger partial charge on any atom is -0.358 e. The molecule has 0 aliphatic rings. The number of nitrogens with zero attached hydrogens (tertiary/aromatic N) is 2. The summed E-state index contributed by atoms with van der Waals surface area (Å²) in [6.45, 7) is -1.73. The maximum absolute atomic E-state index is 11.8. The molecule has 2 amide bonds. The third-order valence-electron chi connectivity index (χ3n) is 2.11. The first-order valence-electron chi connectivity index (χ1n) is 5.60. The molecule has 1 heterocycles. The Hall–Kier alpha value is -2.10. The van der Waals surface area contributed by atoms with E-state index in [1.54, 1.807) is 0 Å². The summed E-state index contributed by atoms with van der Waals surface area (Å²) >= 11 is 0. The molecular weight excluding hydrogens is 279 g/mol. The number of hydrogen-bond donors (Lipinski definition) is 3. The SMILES string of the molecule is CNC(=O)Cn1cc(NC(=O)CNCC(F)(F)F)cn1. The van der Waals surface area contributed by atoms with E-state index in [0.717, 1.165) is 0 Å². The zero-order valence-corrected chi connectivity index (χ0v) is 10.6. The molecule has 1 aromatic heterocycles. The highest BCUT2D eigenvalue weighted by atomic mass is 19.4. The molecule has 0 spiro atoms. The fourth-order valence-corrected chi connectivity index (χ4v) is 1.26. The van der Waals surface area contributed by atoms with Crippen molar-refractivity contribution in [2.45, 2.75) is 12.7 Å². The number of alkyl halides is 3. The molecule has 1 aromatic rings. The molecule has 0 unspecified atom stereocenters. The van der Waals surface area contributed by atoms with E-state index >= 15 is 0 Å². The normalized spacial score (nSPS) is 11.2. The second kappa shape index (κ2) is 6.89. The van der Waals surface area contributed by atoms with E-state index < -0.39 is 25.2 Å². The van der Waals surface area contributed by atoms with Crippen molar-refractivity contribution >= 4 is 17.5 Å². The van der Waals surface area contributed by atoms with Crippen LogP contribution >= 0.6 is 0 Å². The third-order valence-corrected chi connectivity index (χ3v) is 2.11. The Labute approximate surface area is 112 Å². The van der Waals surface area contributed by atoms with Gasteiger partial charge in [-0.05, 0) is 0 Å². The average molecular weight is 293 g/mol. The van der Waals surface area contributed by atoms with Crippen LogP contribution in [0.15, 0.2) is 12.4 Å². The van der Waals surface area contributed by atoms with Crippen molar-refractivity contribution in [3.05, 3.63) is 12.4 Å². The Bertz CT molecular complexity index is 472. The molecule has 0 aromatic carbocycles. The molecule has 0 atom stereocenters. The second-order valence-corrected chi connectivity index (χ2v) is 3.87. The van der Waals surface area contributed by atoms with Crippen molar-refractivity contribution < 1.29 is 22.8 Å². The number of likely N-dealkylation sites (N-methyl/N-ethyl adjacent to an activating group) is 1. The first-order valence-corrected chi connectivity index (χ1v) is 5.60. The summed E-state index contributed by atoms with van der Waals surface area (Å²) in [7, 11) is 1.47. The number of nitrogens with one attached hydrogen (secondary N) is 3. The van der Waals surface area contributed by atoms with Crippen molar-refractivity contribution in [1.29, 1.82) is 0 Å². The van der Waals surface area contributed by atoms with Crippen molar-refractivity contribution in [2.24, 2.45) is 0 Å². The lowest BCUT2D eigenvalue weighted by atomic mass is 10.5. The van der Waals surface area contributed by atoms with Crippen LogP contribution in [0.1, 0.15) is 0 Å². The summed E-state index contributed by atoms with van der Waals surface area (Å²) in [5.41, 5.74) is 0.299. The van der Waals surface area contributed by atoms with E-state index in [9.17, 15) is 22.8 Å². The van der Waals surface area contributed by atoms with Gasteiger partial charge in [0.1, 0.15) is 6.54 Å². The molecule has 0 radical (unpaired) electrons. The topological polar surface area (TPSA) is 88.0 Å². The zero-order valence-electron chi connectivity index (χ0n) is 10.6. The monoisotopic (exact) mass is 293 g/mol. The Morgan fingerprint density at radius 2 is 2.05 bits per heavy atom. The molecule has 20 heavy (non-hydrogen) atoms. The fraction of sp³-hybridized carbons (Fsp3) is 0.500. The summed E-state index contributed by atoms with van der Waals surface area (Å²) in [6, 6.07) is 0. The molecule has 0 bridgehead atoms. The van der Waals surface area contributed by atoms with Gasteiger partial charge in [0.15, 0.2) is 0 Å². The Morgan fingerprint density at radius 3 is 2.65 bits per heavy atom. The number of aromatic nitrogens is 2. The van der Waals surface area contributed by atoms with Gasteiger partial charge in [-0.3, -0.25) is 14.3 Å². The second-order valence-electron chi connectivity index (χ2n) is 3.87. The summed E-state index contributed by atoms with van der Waals surface area (Å²) < 4.78 is 36.8. The minimum atomic E-state index is -4.36. The van der Waals surface area contributed by atoms with E-state index in [1.807, 2.05) is 5.32 Å². The first kappa shape index (κ1) is 16.0. The molecule has 1 rings (SSSR count). The predicted molar refractivity (Wildman–Crippen MR) is 63.8 cm³/mol. The highest BCUT2D eigenvalue weighted by Crippen LogP contribution is 2.12. The van der Waals surface area contributed by atoms with Crippen LogP contribution in [0, 0.1) is 0 Å². The molecule has 3 N–H and O–H groups in total. The van der Waals surface area contributed by atoms with Crippen LogP contribution in [-0.4, -0.2) is 47.9 Å². The molecule has 0 fully saturated rings. The van der Waals surface area contributed by atoms with Gasteiger partial charge in [-0.25, -0.2) is 0 Å². The van der Waals surface area contributed by atoms with Gasteiger partial charge in [0.05, 0.1) is 25.0 Å². The van der Waals surface area contributed by atoms with Crippen LogP contribution in [0.25, 0.3) is 0 Å². The van der Waals surface area contributed by atoms with Gasteiger partial charge in [0.25, 0.3) is 0 Å². The fourth-order valence-electron chi connectivity index (χ4n) is 1.26. The van der Waals surface area contributed by atoms with Gasteiger partial charge in [0, 0.05) is 13.2 Å². The Morgan fingerprint density at radius 1 is 1.35 bits per heavy atom. The number of amides is 2. The quantitative estimate of drug-likeness (QED) is 0.673. The van der Waals surface area contributed by atoms with Crippen LogP contribution in [0.2, 0.25) is 0 Å². The van der Waals surface area contributed by atoms with E-state index in [0.29, 0.717) is 5.69 Å². The maximum Gasteiger partial charge on any atom is 0.401 e. The lowest BCUT2D eigenvalue weighted by Crippen LogP contribution is -2.35. The highest BCUT2D eigenvalue weighted by Gasteiger charge is 2.26. The van der Waals surface area contributed by atoms with Crippen molar-refractivity contribution in [3.63, 3.8) is 0 Å². The lowest BCUT2D eigenvalue weighted by molar-refractivity contribution is -0.127. The van der Waals surface area contributed by atoms with Crippen LogP contribution in [0.4, 0.5) is 18.9 Å². The molecule has 10 heteroatoms. The molecule has 0 saturated carbocycles. The van der Waals surface area contributed by atoms with E-state index in [4.69, 9.17) is 0 Å². The number of rotatable bonds is 6. The first-order chi connectivity index (χ1) is 9.30. The van der Waals surface area contributed by atoms with Gasteiger partial charge in [0.2, 0.25) is 11.8 Å². The summed E-state index contributed by atoms with van der Waals surface area (Å²) in [5, 5.41) is 10.5. The van der Waals surface area contributed by atoms with Crippen LogP contribution < -0.4 is 16.0 Å². The highest BCUT2D eigenvalue weighted by molar-refractivity contribution is 5.92. The molecule has 0 saturated heterocycles. The molecule has 112 valence electrons. The van der Waals surface area contributed by atoms with Crippen molar-refractivity contribution in [1.82, 2.24) is 20.4 Å². The smallest absolute Gasteiger partial charge is 0.358 e. The van der Waals surface area contributed by atoms with Crippen molar-refractivity contribution in [3.8, 4) is 0 Å². The Kier molecular flexibility index (Phi) is 5.50. The Balaban J connectivity index is 2.37. The van der Waals surface area contributed by atoms with Gasteiger partial charge in [-0.1, -0.05) is 0 Å². The summed E-state index contributed by atoms with van der Waals surface area (Å²) in [4.78, 5) is 22.4. The molecule has 0 aliphatic carbocycles. The van der Waals surface area contributed by atoms with Gasteiger partial charge < -0.3 is 16.0 Å². The summed E-state index contributed by atoms with van der Waals surface area (Å²) in [6.07, 6.45) is -1.67. The zero-order chi connectivity index (χ0) is 15.2.